The van der Waals surface area contributed by atoms with Gasteiger partial charge < -0.3 is 10.4 Å². The number of amides is 1. The monoisotopic (exact) mass is 496 g/mol. The summed E-state index contributed by atoms with van der Waals surface area (Å²) in [4.78, 5) is 17.7. The van der Waals surface area contributed by atoms with Crippen LogP contribution in [0.3, 0.4) is 0 Å². The summed E-state index contributed by atoms with van der Waals surface area (Å²) < 4.78 is 0. The van der Waals surface area contributed by atoms with Crippen molar-refractivity contribution in [1.82, 2.24) is 10.2 Å². The number of likely N-dealkylation sites (N-methyl/N-ethyl adjacent to an activating group) is 1. The Hall–Kier alpha value is -2.25. The summed E-state index contributed by atoms with van der Waals surface area (Å²) >= 11 is 3.55. The predicted octanol–water partition coefficient (Wildman–Crippen LogP) is 5.94. The van der Waals surface area contributed by atoms with Gasteiger partial charge in [-0.05, 0) is 87.2 Å². The van der Waals surface area contributed by atoms with E-state index in [0.717, 1.165) is 18.5 Å². The van der Waals surface area contributed by atoms with Crippen LogP contribution in [0.2, 0.25) is 0 Å². The van der Waals surface area contributed by atoms with E-state index < -0.39 is 6.10 Å². The van der Waals surface area contributed by atoms with Gasteiger partial charge in [0.05, 0.1) is 12.1 Å². The molecule has 6 heteroatoms. The van der Waals surface area contributed by atoms with Crippen LogP contribution in [0.5, 0.6) is 0 Å². The van der Waals surface area contributed by atoms with Crippen molar-refractivity contribution in [2.24, 2.45) is 0 Å². The molecule has 2 heterocycles. The first-order valence-corrected chi connectivity index (χ1v) is 13.5. The van der Waals surface area contributed by atoms with E-state index in [1.54, 1.807) is 29.6 Å². The fourth-order valence-electron chi connectivity index (χ4n) is 3.98. The van der Waals surface area contributed by atoms with Gasteiger partial charge in [0.15, 0.2) is 0 Å². The van der Waals surface area contributed by atoms with E-state index in [0.29, 0.717) is 13.0 Å². The molecule has 0 bridgehead atoms. The van der Waals surface area contributed by atoms with Gasteiger partial charge in [-0.3, -0.25) is 9.69 Å². The van der Waals surface area contributed by atoms with Gasteiger partial charge in [-0.25, -0.2) is 0 Å². The minimum atomic E-state index is -0.550. The fraction of sp³-hybridized carbons (Fsp3) is 0.393. The van der Waals surface area contributed by atoms with Gasteiger partial charge in [0.2, 0.25) is 5.91 Å². The van der Waals surface area contributed by atoms with Gasteiger partial charge in [-0.1, -0.05) is 35.9 Å². The SMILES string of the molecule is Cc1ccc(CNC(=O)C(CC(C)O)N(C)CCC=C(c2sccc2C)c2sccc2C)cc1. The van der Waals surface area contributed by atoms with E-state index >= 15 is 0 Å². The summed E-state index contributed by atoms with van der Waals surface area (Å²) in [6.45, 7) is 9.33. The second-order valence-corrected chi connectivity index (χ2v) is 10.9. The molecule has 2 atom stereocenters. The highest BCUT2D eigenvalue weighted by Crippen LogP contribution is 2.35. The van der Waals surface area contributed by atoms with Crippen LogP contribution in [0.4, 0.5) is 0 Å². The summed E-state index contributed by atoms with van der Waals surface area (Å²) in [5.74, 6) is -0.0450. The van der Waals surface area contributed by atoms with Crippen molar-refractivity contribution in [3.8, 4) is 0 Å². The number of benzene rings is 1. The van der Waals surface area contributed by atoms with Crippen LogP contribution >= 0.6 is 22.7 Å². The molecule has 2 unspecified atom stereocenters. The molecule has 2 N–H and O–H groups in total. The fourth-order valence-corrected chi connectivity index (χ4v) is 5.99. The lowest BCUT2D eigenvalue weighted by Gasteiger charge is -2.28. The molecule has 0 aliphatic heterocycles. The van der Waals surface area contributed by atoms with Crippen LogP contribution in [0.1, 0.15) is 51.8 Å². The molecule has 0 fully saturated rings. The van der Waals surface area contributed by atoms with Gasteiger partial charge in [0.25, 0.3) is 0 Å². The normalized spacial score (nSPS) is 13.0. The Bertz CT molecular complexity index is 1050. The zero-order chi connectivity index (χ0) is 24.7. The van der Waals surface area contributed by atoms with Crippen LogP contribution in [0.25, 0.3) is 5.57 Å². The van der Waals surface area contributed by atoms with Crippen LogP contribution in [0.15, 0.2) is 53.2 Å². The molecule has 0 aliphatic carbocycles. The maximum absolute atomic E-state index is 13.0. The molecule has 0 aliphatic rings. The highest BCUT2D eigenvalue weighted by molar-refractivity contribution is 7.14. The number of aliphatic hydroxyl groups is 1. The zero-order valence-corrected chi connectivity index (χ0v) is 22.4. The molecule has 0 spiro atoms. The van der Waals surface area contributed by atoms with Crippen molar-refractivity contribution in [3.63, 3.8) is 0 Å². The van der Waals surface area contributed by atoms with Crippen LogP contribution in [0, 0.1) is 20.8 Å². The van der Waals surface area contributed by atoms with Gasteiger partial charge >= 0.3 is 0 Å². The van der Waals surface area contributed by atoms with Gasteiger partial charge in [-0.2, -0.15) is 0 Å². The molecule has 0 saturated heterocycles. The van der Waals surface area contributed by atoms with Crippen molar-refractivity contribution in [3.05, 3.63) is 85.2 Å². The lowest BCUT2D eigenvalue weighted by atomic mass is 10.0. The third-order valence-electron chi connectivity index (χ3n) is 6.03. The molecule has 0 radical (unpaired) electrons. The Balaban J connectivity index is 1.69. The average molecular weight is 497 g/mol. The summed E-state index contributed by atoms with van der Waals surface area (Å²) in [7, 11) is 1.97. The first-order valence-electron chi connectivity index (χ1n) is 11.8. The van der Waals surface area contributed by atoms with Gasteiger partial charge in [0, 0.05) is 28.4 Å². The number of nitrogens with one attached hydrogen (secondary N) is 1. The maximum atomic E-state index is 13.0. The Morgan fingerprint density at radius 1 is 1.03 bits per heavy atom. The lowest BCUT2D eigenvalue weighted by Crippen LogP contribution is -2.46. The number of carbonyl (C=O) groups excluding carboxylic acids is 1. The number of thiophene rings is 2. The quantitative estimate of drug-likeness (QED) is 0.345. The molecule has 0 saturated carbocycles. The average Bonchev–Trinajstić information content (AvgIpc) is 3.42. The highest BCUT2D eigenvalue weighted by atomic mass is 32.1. The third kappa shape index (κ3) is 7.12. The lowest BCUT2D eigenvalue weighted by molar-refractivity contribution is -0.127. The Morgan fingerprint density at radius 2 is 1.62 bits per heavy atom. The number of aryl methyl sites for hydroxylation is 3. The first-order chi connectivity index (χ1) is 16.3. The summed E-state index contributed by atoms with van der Waals surface area (Å²) in [6, 6.07) is 12.1. The smallest absolute Gasteiger partial charge is 0.237 e. The zero-order valence-electron chi connectivity index (χ0n) is 20.8. The van der Waals surface area contributed by atoms with Crippen LogP contribution < -0.4 is 5.32 Å². The Morgan fingerprint density at radius 3 is 2.12 bits per heavy atom. The molecule has 34 heavy (non-hydrogen) atoms. The minimum Gasteiger partial charge on any atom is -0.393 e. The second-order valence-electron chi connectivity index (χ2n) is 9.06. The Labute approximate surface area is 212 Å². The summed E-state index contributed by atoms with van der Waals surface area (Å²) in [5.41, 5.74) is 6.14. The molecule has 182 valence electrons. The van der Waals surface area contributed by atoms with Gasteiger partial charge in [0.1, 0.15) is 0 Å². The van der Waals surface area contributed by atoms with Crippen molar-refractivity contribution < 1.29 is 9.90 Å². The van der Waals surface area contributed by atoms with E-state index in [1.807, 2.05) is 19.2 Å². The maximum Gasteiger partial charge on any atom is 0.237 e. The third-order valence-corrected chi connectivity index (χ3v) is 8.13. The van der Waals surface area contributed by atoms with Crippen LogP contribution in [-0.2, 0) is 11.3 Å². The van der Waals surface area contributed by atoms with Gasteiger partial charge in [-0.15, -0.1) is 22.7 Å². The van der Waals surface area contributed by atoms with Crippen molar-refractivity contribution in [1.29, 1.82) is 0 Å². The highest BCUT2D eigenvalue weighted by Gasteiger charge is 2.24. The van der Waals surface area contributed by atoms with E-state index in [9.17, 15) is 9.90 Å². The molecule has 1 amide bonds. The standard InChI is InChI=1S/C28H36N2O2S2/c1-19-8-10-23(11-9-19)18-29-28(32)25(17-22(4)31)30(5)14-6-7-24(26-20(2)12-15-33-26)27-21(3)13-16-34-27/h7-13,15-16,22,25,31H,6,14,17-18H2,1-5H3,(H,29,32). The molecular weight excluding hydrogens is 460 g/mol. The molecule has 1 aromatic carbocycles. The summed E-state index contributed by atoms with van der Waals surface area (Å²) in [5, 5.41) is 17.4. The molecule has 4 nitrogen and oxygen atoms in total. The predicted molar refractivity (Wildman–Crippen MR) is 146 cm³/mol. The number of hydrogen-bond donors (Lipinski definition) is 2. The first kappa shape index (κ1) is 26.4. The number of aliphatic hydroxyl groups excluding tert-OH is 1. The Kier molecular flexibility index (Phi) is 9.65. The largest absolute Gasteiger partial charge is 0.393 e. The molecule has 2 aromatic heterocycles. The second kappa shape index (κ2) is 12.5. The number of hydrogen-bond acceptors (Lipinski definition) is 5. The molecule has 3 aromatic rings. The minimum absolute atomic E-state index is 0.0450. The van der Waals surface area contributed by atoms with E-state index in [4.69, 9.17) is 0 Å². The van der Waals surface area contributed by atoms with Crippen molar-refractivity contribution in [2.75, 3.05) is 13.6 Å². The number of rotatable bonds is 11. The number of carbonyl (C=O) groups is 1. The number of nitrogens with zero attached hydrogens (tertiary/aromatic N) is 1. The van der Waals surface area contributed by atoms with Crippen LogP contribution in [-0.4, -0.2) is 41.7 Å². The van der Waals surface area contributed by atoms with E-state index in [2.05, 4.69) is 72.1 Å². The molecule has 3 rings (SSSR count). The van der Waals surface area contributed by atoms with Crippen molar-refractivity contribution >= 4 is 34.2 Å². The van der Waals surface area contributed by atoms with Crippen molar-refractivity contribution in [2.45, 2.75) is 59.2 Å². The molecular formula is C28H36N2O2S2. The summed E-state index contributed by atoms with van der Waals surface area (Å²) in [6.07, 6.45) is 2.98. The van der Waals surface area contributed by atoms with E-state index in [1.165, 1.54) is 32.0 Å². The topological polar surface area (TPSA) is 52.6 Å². The van der Waals surface area contributed by atoms with E-state index in [-0.39, 0.29) is 11.9 Å².